The number of carbonyl (C=O) groups is 6. The van der Waals surface area contributed by atoms with Crippen LogP contribution in [0.2, 0.25) is 0 Å². The van der Waals surface area contributed by atoms with E-state index in [1.807, 2.05) is 23.5 Å². The normalized spacial score (nSPS) is 20.8. The van der Waals surface area contributed by atoms with Crippen molar-refractivity contribution in [2.75, 3.05) is 24.2 Å². The van der Waals surface area contributed by atoms with Crippen LogP contribution in [-0.4, -0.2) is 167 Å². The van der Waals surface area contributed by atoms with E-state index in [9.17, 15) is 68.2 Å². The quantitative estimate of drug-likeness (QED) is 0.0267. The van der Waals surface area contributed by atoms with Gasteiger partial charge in [0.15, 0.2) is 5.71 Å². The average Bonchev–Trinajstić information content (AvgIpc) is 3.85. The number of sulfonamides is 1. The maximum absolute atomic E-state index is 14.2. The molecular weight excluding hydrogens is 1020 g/mol. The minimum Gasteiger partial charge on any atom is -0.387 e. The van der Waals surface area contributed by atoms with Crippen LogP contribution in [0.4, 0.5) is 11.4 Å². The van der Waals surface area contributed by atoms with Gasteiger partial charge < -0.3 is 14.8 Å². The zero-order chi connectivity index (χ0) is 51.9. The molecule has 4 N–H and O–H groups in total. The summed E-state index contributed by atoms with van der Waals surface area (Å²) >= 11 is 0. The number of hydrogen-bond acceptors (Lipinski definition) is 15. The molecule has 0 aromatic heterocycles. The van der Waals surface area contributed by atoms with E-state index in [1.54, 1.807) is 38.1 Å². The van der Waals surface area contributed by atoms with Crippen molar-refractivity contribution in [3.63, 3.8) is 0 Å². The van der Waals surface area contributed by atoms with E-state index in [0.717, 1.165) is 6.26 Å². The Kier molecular flexibility index (Phi) is 15.1. The third kappa shape index (κ3) is 10.3. The van der Waals surface area contributed by atoms with Gasteiger partial charge in [0.05, 0.1) is 33.5 Å². The van der Waals surface area contributed by atoms with Gasteiger partial charge in [-0.3, -0.25) is 33.1 Å². The Labute approximate surface area is 457 Å². The molecule has 2 unspecified atom stereocenters. The van der Waals surface area contributed by atoms with Crippen LogP contribution in [-0.2, 0) is 74.7 Å². The standard InChI is InChI=1S/C48H48N4O16S3.K/c1-47(2)36(50(20-8-6-7-9-41(56)68-52-39(54)18-19-40(52)55)34-16-10-26-21-28(70(62,63)64)12-14-30(26)42(34)47)23-32-44(57)33(46(59)45(32)58)24-37-48(3,4)43-31-15-13-29(71(65,66)67)22-27(31)11-17-35(43)51(37)25-38(53)49-69(5,60)61;/h10-17,21-24,32,44,57H,6-9,18-20,25H2,1-5H3,(H2-,49,53,62,63,64,65,66,67);/p+1/b33-24-,36-23+;. The maximum Gasteiger partial charge on any atom is 0.333 e. The Morgan fingerprint density at radius 2 is 1.36 bits per heavy atom. The maximum atomic E-state index is 14.2. The van der Waals surface area contributed by atoms with Gasteiger partial charge in [-0.2, -0.15) is 21.4 Å². The number of carbonyl (C=O) groups excluding carboxylic acids is 6. The monoisotopic (exact) mass is 1070 g/mol. The van der Waals surface area contributed by atoms with E-state index >= 15 is 0 Å². The van der Waals surface area contributed by atoms with Crippen LogP contribution in [0.1, 0.15) is 77.3 Å². The third-order valence-corrected chi connectivity index (χ3v) is 15.7. The molecule has 4 aliphatic rings. The van der Waals surface area contributed by atoms with Crippen molar-refractivity contribution in [3.05, 3.63) is 95.2 Å². The second-order valence-electron chi connectivity index (χ2n) is 19.0. The number of nitrogens with one attached hydrogen (secondary N) is 1. The number of allylic oxidation sites excluding steroid dienone is 2. The number of Topliss-reactive ketones (excluding diaryl/α,β-unsaturated/α-hetero) is 2. The molecule has 3 amide bonds. The summed E-state index contributed by atoms with van der Waals surface area (Å²) < 4.78 is 95.5. The van der Waals surface area contributed by atoms with Crippen LogP contribution in [0.15, 0.2) is 93.9 Å². The molecule has 3 heterocycles. The molecule has 375 valence electrons. The first-order chi connectivity index (χ1) is 33.0. The van der Waals surface area contributed by atoms with Gasteiger partial charge in [-0.25, -0.2) is 17.9 Å². The Morgan fingerprint density at radius 3 is 1.93 bits per heavy atom. The molecular formula is C48H49KN4O16S3+. The molecule has 0 bridgehead atoms. The molecule has 0 spiro atoms. The summed E-state index contributed by atoms with van der Waals surface area (Å²) in [5.74, 6) is -6.37. The first-order valence-electron chi connectivity index (χ1n) is 22.3. The number of hydrogen-bond donors (Lipinski definition) is 4. The van der Waals surface area contributed by atoms with E-state index in [1.165, 1.54) is 53.1 Å². The summed E-state index contributed by atoms with van der Waals surface area (Å²) in [4.78, 5) is 84.3. The molecule has 72 heavy (non-hydrogen) atoms. The largest absolute Gasteiger partial charge is 0.387 e. The number of hydroxylamine groups is 2. The first kappa shape index (κ1) is 54.9. The zero-order valence-corrected chi connectivity index (χ0v) is 45.5. The summed E-state index contributed by atoms with van der Waals surface area (Å²) in [6.07, 6.45) is 2.86. The van der Waals surface area contributed by atoms with E-state index in [-0.39, 0.29) is 98.3 Å². The number of unbranched alkanes of at least 4 members (excludes halogenated alkanes) is 2. The number of anilines is 1. The summed E-state index contributed by atoms with van der Waals surface area (Å²) in [7, 11) is -13.2. The number of ketones is 2. The smallest absolute Gasteiger partial charge is 0.333 e. The predicted octanol–water partition coefficient (Wildman–Crippen LogP) is 3.46. The fourth-order valence-corrected chi connectivity index (χ4v) is 11.6. The minimum absolute atomic E-state index is 0. The minimum atomic E-state index is -4.60. The zero-order valence-electron chi connectivity index (χ0n) is 40.0. The van der Waals surface area contributed by atoms with Crippen molar-refractivity contribution in [1.82, 2.24) is 9.79 Å². The first-order valence-corrected chi connectivity index (χ1v) is 27.1. The number of aliphatic hydroxyl groups is 1. The molecule has 2 fully saturated rings. The van der Waals surface area contributed by atoms with Crippen LogP contribution in [0.3, 0.4) is 0 Å². The number of amides is 3. The fraction of sp³-hybridized carbons (Fsp3) is 0.354. The molecule has 24 heteroatoms. The molecule has 20 nitrogen and oxygen atoms in total. The number of aliphatic hydroxyl groups excluding tert-OH is 1. The Morgan fingerprint density at radius 1 is 0.792 bits per heavy atom. The molecule has 2 atom stereocenters. The van der Waals surface area contributed by atoms with Crippen molar-refractivity contribution < 1.29 is 77.6 Å². The molecule has 8 rings (SSSR count). The van der Waals surface area contributed by atoms with Gasteiger partial charge in [-0.05, 0) is 90.2 Å². The fourth-order valence-electron chi connectivity index (χ4n) is 10.1. The SMILES string of the molecule is CC1(C)C(/C=C2\C(=O)C(=O)C(/C=C3/N(CCCCCC(=O)ON4C(=O)CCC4=O)c4ccc5cc(S(=O)(=O)O)ccc5c4C3(C)C)C2O)=[N+](CC(=O)NS(C)(=O)=O)c2ccc3cc(S(=O)(=O)O)ccc3c21.[K]. The van der Waals surface area contributed by atoms with Crippen LogP contribution < -0.4 is 9.62 Å². The Hall–Kier alpha value is -4.86. The molecule has 1 radical (unpaired) electrons. The second kappa shape index (κ2) is 19.8. The molecule has 4 aromatic rings. The topological polar surface area (TPSA) is 296 Å². The van der Waals surface area contributed by atoms with E-state index in [4.69, 9.17) is 4.84 Å². The number of rotatable bonds is 14. The van der Waals surface area contributed by atoms with E-state index in [2.05, 4.69) is 0 Å². The Bertz CT molecular complexity index is 3510. The van der Waals surface area contributed by atoms with Crippen molar-refractivity contribution in [1.29, 1.82) is 0 Å². The second-order valence-corrected chi connectivity index (χ2v) is 23.6. The number of fused-ring (bicyclic) bond motifs is 6. The van der Waals surface area contributed by atoms with Crippen LogP contribution in [0.25, 0.3) is 21.5 Å². The van der Waals surface area contributed by atoms with Gasteiger partial charge in [0.2, 0.25) is 33.8 Å². The Balaban J connectivity index is 0.00000760. The van der Waals surface area contributed by atoms with Crippen molar-refractivity contribution >= 4 is 156 Å². The third-order valence-electron chi connectivity index (χ3n) is 13.4. The molecule has 1 aliphatic carbocycles. The molecule has 4 aromatic carbocycles. The summed E-state index contributed by atoms with van der Waals surface area (Å²) in [6, 6.07) is 14.6. The van der Waals surface area contributed by atoms with Gasteiger partial charge in [-0.1, -0.05) is 44.5 Å². The van der Waals surface area contributed by atoms with Crippen molar-refractivity contribution in [3.8, 4) is 0 Å². The number of nitrogens with zero attached hydrogens (tertiary/aromatic N) is 3. The summed E-state index contributed by atoms with van der Waals surface area (Å²) in [6.45, 7) is 6.83. The molecule has 1 saturated carbocycles. The van der Waals surface area contributed by atoms with Crippen LogP contribution in [0.5, 0.6) is 0 Å². The van der Waals surface area contributed by atoms with Gasteiger partial charge >= 0.3 is 5.97 Å². The predicted molar refractivity (Wildman–Crippen MR) is 261 cm³/mol. The van der Waals surface area contributed by atoms with Gasteiger partial charge in [-0.15, -0.1) is 5.06 Å². The van der Waals surface area contributed by atoms with E-state index < -0.39 is 94.9 Å². The van der Waals surface area contributed by atoms with Gasteiger partial charge in [0.25, 0.3) is 38.0 Å². The van der Waals surface area contributed by atoms with Crippen molar-refractivity contribution in [2.24, 2.45) is 5.92 Å². The van der Waals surface area contributed by atoms with Gasteiger partial charge in [0, 0.05) is 117 Å². The molecule has 3 aliphatic heterocycles. The van der Waals surface area contributed by atoms with Crippen molar-refractivity contribution in [2.45, 2.75) is 92.9 Å². The van der Waals surface area contributed by atoms with Crippen LogP contribution >= 0.6 is 0 Å². The summed E-state index contributed by atoms with van der Waals surface area (Å²) in [5.41, 5.74) is 0.452. The van der Waals surface area contributed by atoms with E-state index in [0.29, 0.717) is 74.1 Å². The summed E-state index contributed by atoms with van der Waals surface area (Å²) in [5, 5.41) is 14.6. The molecule has 1 saturated heterocycles. The average molecular weight is 1070 g/mol. The number of imide groups is 1. The number of benzene rings is 4. The van der Waals surface area contributed by atoms with Gasteiger partial charge in [0.1, 0.15) is 0 Å². The van der Waals surface area contributed by atoms with Crippen LogP contribution in [0, 0.1) is 5.92 Å².